The highest BCUT2D eigenvalue weighted by molar-refractivity contribution is 5.97. The quantitative estimate of drug-likeness (QED) is 0.446. The fourth-order valence-electron chi connectivity index (χ4n) is 2.71. The summed E-state index contributed by atoms with van der Waals surface area (Å²) in [4.78, 5) is 37.2. The maximum absolute atomic E-state index is 12.4. The second kappa shape index (κ2) is 8.30. The molecule has 4 amide bonds. The minimum atomic E-state index is -1.30. The molecule has 0 aliphatic carbocycles. The summed E-state index contributed by atoms with van der Waals surface area (Å²) in [6, 6.07) is 9.33. The van der Waals surface area contributed by atoms with Crippen LogP contribution in [0.2, 0.25) is 0 Å². The van der Waals surface area contributed by atoms with E-state index in [9.17, 15) is 29.7 Å². The summed E-state index contributed by atoms with van der Waals surface area (Å²) in [5, 5.41) is 35.5. The lowest BCUT2D eigenvalue weighted by molar-refractivity contribution is -0.139. The smallest absolute Gasteiger partial charge is 0.348 e. The van der Waals surface area contributed by atoms with E-state index in [1.807, 2.05) is 0 Å². The monoisotopic (exact) mass is 398 g/mol. The van der Waals surface area contributed by atoms with E-state index in [1.165, 1.54) is 24.4 Å². The van der Waals surface area contributed by atoms with Gasteiger partial charge >= 0.3 is 18.0 Å². The third-order valence-corrected chi connectivity index (χ3v) is 4.23. The van der Waals surface area contributed by atoms with E-state index in [1.54, 1.807) is 30.3 Å². The molecule has 1 fully saturated rings. The Bertz CT molecular complexity index is 962. The Morgan fingerprint density at radius 2 is 1.79 bits per heavy atom. The van der Waals surface area contributed by atoms with Crippen molar-refractivity contribution in [2.24, 2.45) is 5.10 Å². The summed E-state index contributed by atoms with van der Waals surface area (Å²) in [6.45, 7) is 0.153. The topological polar surface area (TPSA) is 143 Å². The molecule has 2 aromatic carbocycles. The number of phenols is 2. The van der Waals surface area contributed by atoms with Crippen LogP contribution >= 0.6 is 0 Å². The average molecular weight is 398 g/mol. The fourth-order valence-corrected chi connectivity index (χ4v) is 2.71. The zero-order valence-electron chi connectivity index (χ0n) is 15.1. The summed E-state index contributed by atoms with van der Waals surface area (Å²) in [5.74, 6) is -1.87. The Balaban J connectivity index is 1.67. The number of urea groups is 2. The van der Waals surface area contributed by atoms with Gasteiger partial charge in [-0.1, -0.05) is 30.3 Å². The van der Waals surface area contributed by atoms with Gasteiger partial charge in [-0.25, -0.2) is 24.3 Å². The number of nitrogens with zero attached hydrogens (tertiary/aromatic N) is 3. The van der Waals surface area contributed by atoms with Gasteiger partial charge in [0, 0.05) is 0 Å². The van der Waals surface area contributed by atoms with Crippen LogP contribution in [0.1, 0.15) is 17.2 Å². The van der Waals surface area contributed by atoms with Crippen LogP contribution in [0.4, 0.5) is 9.59 Å². The molecule has 4 N–H and O–H groups in total. The highest BCUT2D eigenvalue weighted by atomic mass is 16.4. The summed E-state index contributed by atoms with van der Waals surface area (Å²) < 4.78 is 0. The van der Waals surface area contributed by atoms with Gasteiger partial charge in [-0.15, -0.1) is 0 Å². The van der Waals surface area contributed by atoms with E-state index in [2.05, 4.69) is 10.4 Å². The first kappa shape index (κ1) is 19.7. The fraction of sp³-hybridized carbons (Fsp3) is 0.158. The van der Waals surface area contributed by atoms with E-state index in [-0.39, 0.29) is 24.6 Å². The molecule has 1 aliphatic heterocycles. The van der Waals surface area contributed by atoms with Crippen molar-refractivity contribution in [3.63, 3.8) is 0 Å². The second-order valence-electron chi connectivity index (χ2n) is 6.18. The van der Waals surface area contributed by atoms with Crippen molar-refractivity contribution in [2.45, 2.75) is 6.04 Å². The predicted octanol–water partition coefficient (Wildman–Crippen LogP) is 1.70. The first-order chi connectivity index (χ1) is 13.9. The second-order valence-corrected chi connectivity index (χ2v) is 6.18. The molecule has 0 spiro atoms. The van der Waals surface area contributed by atoms with E-state index in [4.69, 9.17) is 0 Å². The molecule has 0 bridgehead atoms. The van der Waals surface area contributed by atoms with Crippen molar-refractivity contribution in [2.75, 3.05) is 13.1 Å². The molecule has 29 heavy (non-hydrogen) atoms. The maximum Gasteiger partial charge on any atom is 0.348 e. The molecule has 1 atom stereocenters. The number of rotatable bonds is 5. The lowest BCUT2D eigenvalue weighted by Crippen LogP contribution is -2.45. The van der Waals surface area contributed by atoms with Gasteiger partial charge in [-0.3, -0.25) is 0 Å². The molecule has 10 heteroatoms. The maximum atomic E-state index is 12.4. The number of aliphatic carboxylic acids is 1. The van der Waals surface area contributed by atoms with Crippen LogP contribution in [0.3, 0.4) is 0 Å². The molecule has 1 heterocycles. The van der Waals surface area contributed by atoms with Crippen molar-refractivity contribution in [1.82, 2.24) is 15.2 Å². The standard InChI is InChI=1S/C19H18N4O6/c24-14-7-6-12(10-15(14)25)11-20-23-9-8-22(19(23)29)18(28)21-16(17(26)27)13-4-2-1-3-5-13/h1-7,10-11,16,24-25H,8-9H2,(H,21,28)(H,26,27)/b20-11+. The first-order valence-electron chi connectivity index (χ1n) is 8.60. The lowest BCUT2D eigenvalue weighted by atomic mass is 10.1. The first-order valence-corrected chi connectivity index (χ1v) is 8.60. The van der Waals surface area contributed by atoms with Crippen LogP contribution in [-0.2, 0) is 4.79 Å². The minimum absolute atomic E-state index is 0.0317. The molecule has 1 saturated heterocycles. The van der Waals surface area contributed by atoms with Crippen LogP contribution < -0.4 is 5.32 Å². The number of benzene rings is 2. The molecule has 0 aromatic heterocycles. The average Bonchev–Trinajstić information content (AvgIpc) is 3.08. The Morgan fingerprint density at radius 1 is 1.07 bits per heavy atom. The van der Waals surface area contributed by atoms with E-state index in [0.29, 0.717) is 11.1 Å². The number of carboxylic acids is 1. The Hall–Kier alpha value is -4.08. The number of hydrazone groups is 1. The number of carbonyl (C=O) groups excluding carboxylic acids is 2. The SMILES string of the molecule is O=C(O)C(NC(=O)N1CCN(/N=C/c2ccc(O)c(O)c2)C1=O)c1ccccc1. The number of carboxylic acid groups (broad SMARTS) is 1. The number of amides is 4. The van der Waals surface area contributed by atoms with E-state index < -0.39 is 24.1 Å². The van der Waals surface area contributed by atoms with Crippen LogP contribution in [0.25, 0.3) is 0 Å². The van der Waals surface area contributed by atoms with E-state index >= 15 is 0 Å². The summed E-state index contributed by atoms with van der Waals surface area (Å²) in [6.07, 6.45) is 1.29. The van der Waals surface area contributed by atoms with E-state index in [0.717, 1.165) is 9.91 Å². The number of imide groups is 1. The Morgan fingerprint density at radius 3 is 2.45 bits per heavy atom. The van der Waals surface area contributed by atoms with Crippen molar-refractivity contribution in [3.05, 3.63) is 59.7 Å². The number of phenolic OH excluding ortho intramolecular Hbond substituents is 2. The Labute approximate surface area is 165 Å². The third-order valence-electron chi connectivity index (χ3n) is 4.23. The van der Waals surface area contributed by atoms with Crippen LogP contribution in [0.5, 0.6) is 11.5 Å². The lowest BCUT2D eigenvalue weighted by Gasteiger charge is -2.19. The molecule has 2 aromatic rings. The van der Waals surface area contributed by atoms with Crippen molar-refractivity contribution in [1.29, 1.82) is 0 Å². The molecule has 1 aliphatic rings. The third kappa shape index (κ3) is 4.43. The van der Waals surface area contributed by atoms with Crippen molar-refractivity contribution < 1.29 is 29.7 Å². The zero-order chi connectivity index (χ0) is 21.0. The highest BCUT2D eigenvalue weighted by Gasteiger charge is 2.35. The van der Waals surface area contributed by atoms with Gasteiger partial charge in [0.05, 0.1) is 19.3 Å². The van der Waals surface area contributed by atoms with Gasteiger partial charge < -0.3 is 20.6 Å². The van der Waals surface area contributed by atoms with Crippen LogP contribution in [-0.4, -0.2) is 62.6 Å². The van der Waals surface area contributed by atoms with Gasteiger partial charge in [-0.05, 0) is 29.3 Å². The largest absolute Gasteiger partial charge is 0.504 e. The number of aromatic hydroxyl groups is 2. The molecule has 1 unspecified atom stereocenters. The number of nitrogens with one attached hydrogen (secondary N) is 1. The van der Waals surface area contributed by atoms with Gasteiger partial charge in [0.1, 0.15) is 0 Å². The van der Waals surface area contributed by atoms with Crippen LogP contribution in [0, 0.1) is 0 Å². The van der Waals surface area contributed by atoms with Crippen molar-refractivity contribution >= 4 is 24.2 Å². The van der Waals surface area contributed by atoms with Gasteiger partial charge in [0.25, 0.3) is 0 Å². The minimum Gasteiger partial charge on any atom is -0.504 e. The molecule has 150 valence electrons. The summed E-state index contributed by atoms with van der Waals surface area (Å²) in [5.41, 5.74) is 0.813. The van der Waals surface area contributed by atoms with Gasteiger partial charge in [0.15, 0.2) is 17.5 Å². The predicted molar refractivity (Wildman–Crippen MR) is 102 cm³/mol. The highest BCUT2D eigenvalue weighted by Crippen LogP contribution is 2.24. The number of hydrogen-bond donors (Lipinski definition) is 4. The molecule has 3 rings (SSSR count). The zero-order valence-corrected chi connectivity index (χ0v) is 15.1. The van der Waals surface area contributed by atoms with Crippen LogP contribution in [0.15, 0.2) is 53.6 Å². The van der Waals surface area contributed by atoms with Gasteiger partial charge in [-0.2, -0.15) is 5.10 Å². The molecule has 10 nitrogen and oxygen atoms in total. The summed E-state index contributed by atoms with van der Waals surface area (Å²) in [7, 11) is 0. The number of hydrogen-bond acceptors (Lipinski definition) is 6. The Kier molecular flexibility index (Phi) is 5.63. The molecule has 0 radical (unpaired) electrons. The van der Waals surface area contributed by atoms with Gasteiger partial charge in [0.2, 0.25) is 0 Å². The molecule has 0 saturated carbocycles. The van der Waals surface area contributed by atoms with Crippen molar-refractivity contribution in [3.8, 4) is 11.5 Å². The number of carbonyl (C=O) groups is 3. The molecular weight excluding hydrogens is 380 g/mol. The summed E-state index contributed by atoms with van der Waals surface area (Å²) >= 11 is 0. The normalized spacial score (nSPS) is 15.0. The molecular formula is C19H18N4O6.